The molecule has 1 N–H and O–H groups in total. The van der Waals surface area contributed by atoms with Gasteiger partial charge < -0.3 is 5.32 Å². The standard InChI is InChI=1S/C19H19F2N3O/c1-2-24(12-16-6-3-15(10-22)9-18(16)21)13-19(25)23-11-14-4-7-17(20)8-5-14/h3-9H,2,11-13H2,1H3,(H,23,25). The number of rotatable bonds is 7. The first kappa shape index (κ1) is 18.6. The van der Waals surface area contributed by atoms with Crippen LogP contribution in [0.4, 0.5) is 8.78 Å². The van der Waals surface area contributed by atoms with E-state index in [0.717, 1.165) is 5.56 Å². The van der Waals surface area contributed by atoms with Crippen LogP contribution in [0.25, 0.3) is 0 Å². The number of nitriles is 1. The zero-order valence-electron chi connectivity index (χ0n) is 13.9. The monoisotopic (exact) mass is 343 g/mol. The molecule has 0 bridgehead atoms. The number of nitrogens with one attached hydrogen (secondary N) is 1. The van der Waals surface area contributed by atoms with Crippen molar-refractivity contribution in [3.63, 3.8) is 0 Å². The van der Waals surface area contributed by atoms with Crippen LogP contribution in [-0.2, 0) is 17.9 Å². The smallest absolute Gasteiger partial charge is 0.234 e. The molecule has 0 unspecified atom stereocenters. The van der Waals surface area contributed by atoms with Crippen molar-refractivity contribution in [2.45, 2.75) is 20.0 Å². The summed E-state index contributed by atoms with van der Waals surface area (Å²) in [6, 6.07) is 12.1. The quantitative estimate of drug-likeness (QED) is 0.841. The molecule has 0 fully saturated rings. The number of amides is 1. The zero-order chi connectivity index (χ0) is 18.2. The van der Waals surface area contributed by atoms with Gasteiger partial charge in [0.1, 0.15) is 11.6 Å². The van der Waals surface area contributed by atoms with Gasteiger partial charge in [0, 0.05) is 18.7 Å². The van der Waals surface area contributed by atoms with Gasteiger partial charge in [-0.15, -0.1) is 0 Å². The lowest BCUT2D eigenvalue weighted by Gasteiger charge is -2.20. The summed E-state index contributed by atoms with van der Waals surface area (Å²) < 4.78 is 26.8. The summed E-state index contributed by atoms with van der Waals surface area (Å²) in [6.45, 7) is 3.16. The van der Waals surface area contributed by atoms with Crippen molar-refractivity contribution in [3.8, 4) is 6.07 Å². The van der Waals surface area contributed by atoms with E-state index in [4.69, 9.17) is 5.26 Å². The predicted molar refractivity (Wildman–Crippen MR) is 90.3 cm³/mol. The Morgan fingerprint density at radius 3 is 2.52 bits per heavy atom. The number of carbonyl (C=O) groups is 1. The van der Waals surface area contributed by atoms with Gasteiger partial charge in [0.25, 0.3) is 0 Å². The second kappa shape index (κ2) is 8.90. The minimum atomic E-state index is -0.454. The van der Waals surface area contributed by atoms with Crippen LogP contribution in [0.1, 0.15) is 23.6 Å². The fourth-order valence-electron chi connectivity index (χ4n) is 2.33. The van der Waals surface area contributed by atoms with Crippen LogP contribution in [0.15, 0.2) is 42.5 Å². The van der Waals surface area contributed by atoms with Gasteiger partial charge in [0.05, 0.1) is 18.2 Å². The highest BCUT2D eigenvalue weighted by Gasteiger charge is 2.12. The molecule has 130 valence electrons. The van der Waals surface area contributed by atoms with Crippen molar-refractivity contribution in [2.75, 3.05) is 13.1 Å². The van der Waals surface area contributed by atoms with Crippen molar-refractivity contribution in [3.05, 3.63) is 70.8 Å². The molecule has 0 radical (unpaired) electrons. The van der Waals surface area contributed by atoms with Gasteiger partial charge in [-0.05, 0) is 36.4 Å². The average Bonchev–Trinajstić information content (AvgIpc) is 2.62. The third-order valence-corrected chi connectivity index (χ3v) is 3.79. The average molecular weight is 343 g/mol. The second-order valence-corrected chi connectivity index (χ2v) is 5.62. The summed E-state index contributed by atoms with van der Waals surface area (Å²) in [5, 5.41) is 11.5. The van der Waals surface area contributed by atoms with Crippen LogP contribution >= 0.6 is 0 Å². The Hall–Kier alpha value is -2.78. The molecule has 0 aliphatic heterocycles. The van der Waals surface area contributed by atoms with Crippen molar-refractivity contribution in [2.24, 2.45) is 0 Å². The van der Waals surface area contributed by atoms with Crippen LogP contribution in [0.5, 0.6) is 0 Å². The maximum Gasteiger partial charge on any atom is 0.234 e. The van der Waals surface area contributed by atoms with Gasteiger partial charge in [-0.25, -0.2) is 8.78 Å². The predicted octanol–water partition coefficient (Wildman–Crippen LogP) is 2.97. The molecule has 0 aliphatic carbocycles. The van der Waals surface area contributed by atoms with Crippen LogP contribution in [0.3, 0.4) is 0 Å². The number of nitrogens with zero attached hydrogens (tertiary/aromatic N) is 2. The van der Waals surface area contributed by atoms with Crippen molar-refractivity contribution in [1.82, 2.24) is 10.2 Å². The third kappa shape index (κ3) is 5.66. The minimum absolute atomic E-state index is 0.122. The van der Waals surface area contributed by atoms with Crippen molar-refractivity contribution >= 4 is 5.91 Å². The lowest BCUT2D eigenvalue weighted by atomic mass is 10.1. The Morgan fingerprint density at radius 2 is 1.92 bits per heavy atom. The third-order valence-electron chi connectivity index (χ3n) is 3.79. The molecule has 0 aromatic heterocycles. The summed E-state index contributed by atoms with van der Waals surface area (Å²) in [4.78, 5) is 13.9. The van der Waals surface area contributed by atoms with Gasteiger partial charge in [-0.2, -0.15) is 5.26 Å². The number of hydrogen-bond donors (Lipinski definition) is 1. The van der Waals surface area contributed by atoms with Gasteiger partial charge in [0.2, 0.25) is 5.91 Å². The highest BCUT2D eigenvalue weighted by atomic mass is 19.1. The molecule has 2 aromatic carbocycles. The topological polar surface area (TPSA) is 56.1 Å². The van der Waals surface area contributed by atoms with E-state index in [1.165, 1.54) is 18.2 Å². The Bertz CT molecular complexity index is 769. The van der Waals surface area contributed by atoms with Gasteiger partial charge in [-0.1, -0.05) is 25.1 Å². The normalized spacial score (nSPS) is 10.5. The highest BCUT2D eigenvalue weighted by Crippen LogP contribution is 2.12. The molecule has 0 heterocycles. The van der Waals surface area contributed by atoms with E-state index in [1.54, 1.807) is 29.2 Å². The molecule has 2 rings (SSSR count). The van der Waals surface area contributed by atoms with Crippen LogP contribution in [-0.4, -0.2) is 23.9 Å². The number of benzene rings is 2. The van der Waals surface area contributed by atoms with E-state index < -0.39 is 5.82 Å². The summed E-state index contributed by atoms with van der Waals surface area (Å²) in [7, 11) is 0. The zero-order valence-corrected chi connectivity index (χ0v) is 13.9. The fraction of sp³-hybridized carbons (Fsp3) is 0.263. The van der Waals surface area contributed by atoms with Gasteiger partial charge in [-0.3, -0.25) is 9.69 Å². The maximum absolute atomic E-state index is 14.0. The summed E-state index contributed by atoms with van der Waals surface area (Å²) in [5.41, 5.74) is 1.50. The van der Waals surface area contributed by atoms with Crippen LogP contribution in [0, 0.1) is 23.0 Å². The van der Waals surface area contributed by atoms with Crippen LogP contribution < -0.4 is 5.32 Å². The summed E-state index contributed by atoms with van der Waals surface area (Å²) >= 11 is 0. The molecule has 0 saturated heterocycles. The van der Waals surface area contributed by atoms with Gasteiger partial charge in [0.15, 0.2) is 0 Å². The summed E-state index contributed by atoms with van der Waals surface area (Å²) in [5.74, 6) is -0.971. The number of halogens is 2. The first-order chi connectivity index (χ1) is 12.0. The van der Waals surface area contributed by atoms with Crippen LogP contribution in [0.2, 0.25) is 0 Å². The molecule has 2 aromatic rings. The Kier molecular flexibility index (Phi) is 6.61. The largest absolute Gasteiger partial charge is 0.351 e. The Morgan fingerprint density at radius 1 is 1.20 bits per heavy atom. The molecular formula is C19H19F2N3O. The first-order valence-electron chi connectivity index (χ1n) is 7.94. The molecule has 6 heteroatoms. The fourth-order valence-corrected chi connectivity index (χ4v) is 2.33. The van der Waals surface area contributed by atoms with Crippen molar-refractivity contribution in [1.29, 1.82) is 5.26 Å². The van der Waals surface area contributed by atoms with E-state index in [0.29, 0.717) is 18.7 Å². The van der Waals surface area contributed by atoms with E-state index in [1.807, 2.05) is 13.0 Å². The van der Waals surface area contributed by atoms with Gasteiger partial charge >= 0.3 is 0 Å². The minimum Gasteiger partial charge on any atom is -0.351 e. The molecule has 1 amide bonds. The van der Waals surface area contributed by atoms with Crippen molar-refractivity contribution < 1.29 is 13.6 Å². The van der Waals surface area contributed by atoms with E-state index in [9.17, 15) is 13.6 Å². The highest BCUT2D eigenvalue weighted by molar-refractivity contribution is 5.78. The molecule has 4 nitrogen and oxygen atoms in total. The second-order valence-electron chi connectivity index (χ2n) is 5.62. The Labute approximate surface area is 145 Å². The lowest BCUT2D eigenvalue weighted by molar-refractivity contribution is -0.122. The van der Waals surface area contributed by atoms with E-state index in [2.05, 4.69) is 5.32 Å². The number of likely N-dealkylation sites (N-methyl/N-ethyl adjacent to an activating group) is 1. The number of carbonyl (C=O) groups excluding carboxylic acids is 1. The molecule has 0 atom stereocenters. The maximum atomic E-state index is 14.0. The van der Waals surface area contributed by atoms with E-state index in [-0.39, 0.29) is 30.4 Å². The lowest BCUT2D eigenvalue weighted by Crippen LogP contribution is -2.36. The first-order valence-corrected chi connectivity index (χ1v) is 7.94. The molecule has 25 heavy (non-hydrogen) atoms. The molecule has 0 aliphatic rings. The SMILES string of the molecule is CCN(CC(=O)NCc1ccc(F)cc1)Cc1ccc(C#N)cc1F. The Balaban J connectivity index is 1.89. The number of hydrogen-bond acceptors (Lipinski definition) is 3. The molecular weight excluding hydrogens is 324 g/mol. The summed E-state index contributed by atoms with van der Waals surface area (Å²) in [6.07, 6.45) is 0. The molecule has 0 spiro atoms. The van der Waals surface area contributed by atoms with E-state index >= 15 is 0 Å². The molecule has 0 saturated carbocycles.